The fourth-order valence-corrected chi connectivity index (χ4v) is 1.64. The van der Waals surface area contributed by atoms with Crippen LogP contribution in [0.25, 0.3) is 0 Å². The SMILES string of the molecule is Cc1ccc(C)n1Nc1ccc([N+](=O)[O-])c(N)n1. The number of aryl methyl sites for hydroxylation is 2. The second kappa shape index (κ2) is 4.36. The smallest absolute Gasteiger partial charge is 0.311 e. The number of hydrogen-bond acceptors (Lipinski definition) is 5. The summed E-state index contributed by atoms with van der Waals surface area (Å²) in [5, 5.41) is 10.6. The van der Waals surface area contributed by atoms with Crippen molar-refractivity contribution in [3.63, 3.8) is 0 Å². The van der Waals surface area contributed by atoms with E-state index in [-0.39, 0.29) is 11.5 Å². The largest absolute Gasteiger partial charge is 0.378 e. The highest BCUT2D eigenvalue weighted by Gasteiger charge is 2.13. The lowest BCUT2D eigenvalue weighted by molar-refractivity contribution is -0.384. The first-order chi connectivity index (χ1) is 8.49. The van der Waals surface area contributed by atoms with Crippen LogP contribution in [0.1, 0.15) is 11.4 Å². The van der Waals surface area contributed by atoms with Crippen molar-refractivity contribution >= 4 is 17.3 Å². The third-order valence-corrected chi connectivity index (χ3v) is 2.60. The minimum Gasteiger partial charge on any atom is -0.378 e. The van der Waals surface area contributed by atoms with Gasteiger partial charge in [0.15, 0.2) is 0 Å². The maximum atomic E-state index is 10.6. The van der Waals surface area contributed by atoms with E-state index in [1.807, 2.05) is 30.7 Å². The molecule has 0 aliphatic rings. The van der Waals surface area contributed by atoms with E-state index in [1.165, 1.54) is 12.1 Å². The molecule has 0 saturated heterocycles. The molecule has 0 spiro atoms. The quantitative estimate of drug-likeness (QED) is 0.637. The molecule has 2 aromatic rings. The van der Waals surface area contributed by atoms with Crippen molar-refractivity contribution < 1.29 is 4.92 Å². The molecular formula is C11H13N5O2. The molecule has 0 fully saturated rings. The topological polar surface area (TPSA) is 99.0 Å². The van der Waals surface area contributed by atoms with E-state index in [0.29, 0.717) is 5.82 Å². The number of nitrogen functional groups attached to an aromatic ring is 1. The first-order valence-corrected chi connectivity index (χ1v) is 5.32. The van der Waals surface area contributed by atoms with Crippen molar-refractivity contribution in [3.8, 4) is 0 Å². The molecule has 3 N–H and O–H groups in total. The Labute approximate surface area is 103 Å². The third-order valence-electron chi connectivity index (χ3n) is 2.60. The van der Waals surface area contributed by atoms with Gasteiger partial charge in [0.25, 0.3) is 0 Å². The summed E-state index contributed by atoms with van der Waals surface area (Å²) in [6, 6.07) is 6.76. The van der Waals surface area contributed by atoms with Gasteiger partial charge >= 0.3 is 5.69 Å². The maximum absolute atomic E-state index is 10.6. The first-order valence-electron chi connectivity index (χ1n) is 5.32. The number of pyridine rings is 1. The van der Waals surface area contributed by atoms with Gasteiger partial charge in [-0.2, -0.15) is 0 Å². The van der Waals surface area contributed by atoms with E-state index in [1.54, 1.807) is 0 Å². The van der Waals surface area contributed by atoms with Crippen molar-refractivity contribution in [1.29, 1.82) is 0 Å². The van der Waals surface area contributed by atoms with Crippen LogP contribution in [0.2, 0.25) is 0 Å². The summed E-state index contributed by atoms with van der Waals surface area (Å²) in [7, 11) is 0. The zero-order valence-corrected chi connectivity index (χ0v) is 10.0. The Morgan fingerprint density at radius 1 is 1.28 bits per heavy atom. The van der Waals surface area contributed by atoms with Gasteiger partial charge in [0, 0.05) is 17.5 Å². The average Bonchev–Trinajstić information content (AvgIpc) is 2.60. The summed E-state index contributed by atoms with van der Waals surface area (Å²) in [5.41, 5.74) is 10.4. The van der Waals surface area contributed by atoms with Crippen LogP contribution >= 0.6 is 0 Å². The van der Waals surface area contributed by atoms with E-state index >= 15 is 0 Å². The summed E-state index contributed by atoms with van der Waals surface area (Å²) >= 11 is 0. The highest BCUT2D eigenvalue weighted by Crippen LogP contribution is 2.21. The molecule has 0 saturated carbocycles. The number of anilines is 2. The Hall–Kier alpha value is -2.57. The molecule has 0 radical (unpaired) electrons. The maximum Gasteiger partial charge on any atom is 0.311 e. The van der Waals surface area contributed by atoms with Gasteiger partial charge in [-0.25, -0.2) is 4.98 Å². The monoisotopic (exact) mass is 247 g/mol. The second-order valence-electron chi connectivity index (χ2n) is 3.92. The van der Waals surface area contributed by atoms with Gasteiger partial charge < -0.3 is 5.73 Å². The van der Waals surface area contributed by atoms with E-state index < -0.39 is 4.92 Å². The molecule has 7 heteroatoms. The van der Waals surface area contributed by atoms with Crippen LogP contribution in [0.3, 0.4) is 0 Å². The Balaban J connectivity index is 2.31. The van der Waals surface area contributed by atoms with Gasteiger partial charge in [-0.05, 0) is 32.0 Å². The molecule has 0 aromatic carbocycles. The lowest BCUT2D eigenvalue weighted by Gasteiger charge is -2.11. The van der Waals surface area contributed by atoms with E-state index in [4.69, 9.17) is 5.73 Å². The van der Waals surface area contributed by atoms with Crippen LogP contribution in [0.15, 0.2) is 24.3 Å². The van der Waals surface area contributed by atoms with Crippen molar-refractivity contribution in [3.05, 3.63) is 45.8 Å². The van der Waals surface area contributed by atoms with Crippen LogP contribution in [-0.2, 0) is 0 Å². The van der Waals surface area contributed by atoms with Gasteiger partial charge in [-0.15, -0.1) is 0 Å². The highest BCUT2D eigenvalue weighted by atomic mass is 16.6. The number of aromatic nitrogens is 2. The summed E-state index contributed by atoms with van der Waals surface area (Å²) < 4.78 is 1.83. The molecule has 2 aromatic heterocycles. The van der Waals surface area contributed by atoms with E-state index in [2.05, 4.69) is 10.4 Å². The normalized spacial score (nSPS) is 10.3. The average molecular weight is 247 g/mol. The standard InChI is InChI=1S/C11H13N5O2/c1-7-3-4-8(2)15(7)14-10-6-5-9(16(17)18)11(12)13-10/h3-6H,1-2H3,(H3,12,13,14). The van der Waals surface area contributed by atoms with Crippen LogP contribution in [-0.4, -0.2) is 14.6 Å². The molecule has 18 heavy (non-hydrogen) atoms. The molecule has 94 valence electrons. The highest BCUT2D eigenvalue weighted by molar-refractivity contribution is 5.57. The number of nitro groups is 1. The number of hydrogen-bond donors (Lipinski definition) is 2. The van der Waals surface area contributed by atoms with Crippen molar-refractivity contribution in [2.24, 2.45) is 0 Å². The van der Waals surface area contributed by atoms with Crippen molar-refractivity contribution in [2.45, 2.75) is 13.8 Å². The van der Waals surface area contributed by atoms with Gasteiger partial charge in [0.2, 0.25) is 5.82 Å². The zero-order chi connectivity index (χ0) is 13.3. The molecule has 2 heterocycles. The molecule has 0 unspecified atom stereocenters. The Bertz CT molecular complexity index is 586. The molecule has 7 nitrogen and oxygen atoms in total. The molecule has 2 rings (SSSR count). The van der Waals surface area contributed by atoms with Gasteiger partial charge in [0.1, 0.15) is 5.82 Å². The van der Waals surface area contributed by atoms with Crippen LogP contribution < -0.4 is 11.2 Å². The lowest BCUT2D eigenvalue weighted by atomic mass is 10.4. The molecule has 0 aliphatic carbocycles. The second-order valence-corrected chi connectivity index (χ2v) is 3.92. The minimum absolute atomic E-state index is 0.104. The lowest BCUT2D eigenvalue weighted by Crippen LogP contribution is -2.14. The summed E-state index contributed by atoms with van der Waals surface area (Å²) in [6.45, 7) is 3.88. The van der Waals surface area contributed by atoms with Crippen molar-refractivity contribution in [2.75, 3.05) is 11.2 Å². The summed E-state index contributed by atoms with van der Waals surface area (Å²) in [6.07, 6.45) is 0. The van der Waals surface area contributed by atoms with Crippen LogP contribution in [0.4, 0.5) is 17.3 Å². The number of rotatable bonds is 3. The molecule has 0 bridgehead atoms. The minimum atomic E-state index is -0.557. The Morgan fingerprint density at radius 3 is 2.39 bits per heavy atom. The Kier molecular flexibility index (Phi) is 2.88. The number of nitrogens with one attached hydrogen (secondary N) is 1. The van der Waals surface area contributed by atoms with Gasteiger partial charge in [0.05, 0.1) is 4.92 Å². The molecule has 0 amide bonds. The third kappa shape index (κ3) is 2.10. The van der Waals surface area contributed by atoms with Crippen molar-refractivity contribution in [1.82, 2.24) is 9.66 Å². The van der Waals surface area contributed by atoms with Crippen LogP contribution in [0.5, 0.6) is 0 Å². The predicted molar refractivity (Wildman–Crippen MR) is 68.2 cm³/mol. The van der Waals surface area contributed by atoms with E-state index in [0.717, 1.165) is 11.4 Å². The fourth-order valence-electron chi connectivity index (χ4n) is 1.64. The number of nitrogens with two attached hydrogens (primary N) is 1. The summed E-state index contributed by atoms with van der Waals surface area (Å²) in [5.74, 6) is 0.355. The zero-order valence-electron chi connectivity index (χ0n) is 10.0. The molecule has 0 atom stereocenters. The van der Waals surface area contributed by atoms with Gasteiger partial charge in [-0.1, -0.05) is 0 Å². The number of nitrogens with zero attached hydrogens (tertiary/aromatic N) is 3. The van der Waals surface area contributed by atoms with Crippen LogP contribution in [0, 0.1) is 24.0 Å². The van der Waals surface area contributed by atoms with Gasteiger partial charge in [-0.3, -0.25) is 20.2 Å². The first kappa shape index (κ1) is 11.9. The predicted octanol–water partition coefficient (Wildman–Crippen LogP) is 1.87. The Morgan fingerprint density at radius 2 is 1.89 bits per heavy atom. The molecule has 0 aliphatic heterocycles. The van der Waals surface area contributed by atoms with E-state index in [9.17, 15) is 10.1 Å². The molecular weight excluding hydrogens is 234 g/mol. The fraction of sp³-hybridized carbons (Fsp3) is 0.182. The summed E-state index contributed by atoms with van der Waals surface area (Å²) in [4.78, 5) is 14.0.